The van der Waals surface area contributed by atoms with E-state index in [2.05, 4.69) is 4.85 Å². The number of carbonyl (C=O) groups excluding carboxylic acids is 1. The van der Waals surface area contributed by atoms with Crippen molar-refractivity contribution in [2.75, 3.05) is 7.11 Å². The number of para-hydroxylation sites is 1. The van der Waals surface area contributed by atoms with Crippen LogP contribution in [0.15, 0.2) is 82.4 Å². The van der Waals surface area contributed by atoms with Crippen molar-refractivity contribution >= 4 is 54.6 Å². The Hall–Kier alpha value is -3.71. The molecule has 0 atom stereocenters. The van der Waals surface area contributed by atoms with E-state index in [1.165, 1.54) is 28.5 Å². The van der Waals surface area contributed by atoms with Crippen LogP contribution in [0.25, 0.3) is 38.1 Å². The molecule has 174 valence electrons. The summed E-state index contributed by atoms with van der Waals surface area (Å²) in [6, 6.07) is 21.7. The number of nitrogens with zero attached hydrogens (tertiary/aromatic N) is 2. The SMILES string of the molecule is [C-]#[N+]c1sccc1-c1c(-c2ccccc2)n(S(=O)(=O)c2ccc(CC(=O)OC)s2)c2ccccc12. The molecule has 35 heavy (non-hydrogen) atoms. The van der Waals surface area contributed by atoms with Crippen LogP contribution >= 0.6 is 22.7 Å². The first-order valence-corrected chi connectivity index (χ1v) is 13.6. The number of carbonyl (C=O) groups is 1. The molecule has 0 unspecified atom stereocenters. The van der Waals surface area contributed by atoms with Crippen molar-refractivity contribution < 1.29 is 17.9 Å². The van der Waals surface area contributed by atoms with Gasteiger partial charge in [-0.15, -0.1) is 11.3 Å². The van der Waals surface area contributed by atoms with Gasteiger partial charge in [-0.25, -0.2) is 8.82 Å². The first-order valence-electron chi connectivity index (χ1n) is 10.5. The zero-order valence-electron chi connectivity index (χ0n) is 18.5. The van der Waals surface area contributed by atoms with E-state index in [1.54, 1.807) is 18.2 Å². The standard InChI is InChI=1S/C26H18N2O4S3/c1-27-26-20(14-15-33-26)24-19-10-6-7-11-21(19)28(25(24)17-8-4-3-5-9-17)35(30,31)23-13-12-18(34-23)16-22(29)32-2/h3-15H,16H2,2H3. The summed E-state index contributed by atoms with van der Waals surface area (Å²) in [7, 11) is -2.75. The second-order valence-corrected chi connectivity index (χ2v) is 11.7. The van der Waals surface area contributed by atoms with Crippen molar-refractivity contribution in [1.29, 1.82) is 0 Å². The smallest absolute Gasteiger partial charge is 0.310 e. The van der Waals surface area contributed by atoms with Crippen molar-refractivity contribution in [3.05, 3.63) is 94.5 Å². The maximum Gasteiger partial charge on any atom is 0.310 e. The number of esters is 1. The number of benzene rings is 2. The first kappa shape index (κ1) is 23.1. The van der Waals surface area contributed by atoms with Crippen molar-refractivity contribution in [3.8, 4) is 22.4 Å². The van der Waals surface area contributed by atoms with Gasteiger partial charge in [0, 0.05) is 21.4 Å². The van der Waals surface area contributed by atoms with E-state index in [0.717, 1.165) is 22.3 Å². The van der Waals surface area contributed by atoms with E-state index in [9.17, 15) is 13.2 Å². The molecule has 2 aromatic carbocycles. The van der Waals surface area contributed by atoms with Crippen molar-refractivity contribution in [2.24, 2.45) is 0 Å². The highest BCUT2D eigenvalue weighted by molar-refractivity contribution is 7.92. The van der Waals surface area contributed by atoms with E-state index in [-0.39, 0.29) is 10.6 Å². The Balaban J connectivity index is 1.84. The third-order valence-corrected chi connectivity index (χ3v) is 9.65. The van der Waals surface area contributed by atoms with Crippen LogP contribution in [0.4, 0.5) is 5.00 Å². The van der Waals surface area contributed by atoms with Crippen LogP contribution in [-0.4, -0.2) is 25.5 Å². The lowest BCUT2D eigenvalue weighted by Gasteiger charge is -2.13. The molecule has 0 saturated carbocycles. The van der Waals surface area contributed by atoms with E-state index >= 15 is 0 Å². The van der Waals surface area contributed by atoms with Gasteiger partial charge in [-0.1, -0.05) is 54.6 Å². The predicted molar refractivity (Wildman–Crippen MR) is 140 cm³/mol. The quantitative estimate of drug-likeness (QED) is 0.188. The van der Waals surface area contributed by atoms with Gasteiger partial charge in [-0.3, -0.25) is 4.79 Å². The van der Waals surface area contributed by atoms with Crippen LogP contribution in [0.1, 0.15) is 4.88 Å². The Morgan fingerprint density at radius 1 is 1.03 bits per heavy atom. The Labute approximate surface area is 210 Å². The average molecular weight is 519 g/mol. The van der Waals surface area contributed by atoms with Crippen LogP contribution in [-0.2, 0) is 26.0 Å². The summed E-state index contributed by atoms with van der Waals surface area (Å²) in [5, 5.41) is 3.08. The lowest BCUT2D eigenvalue weighted by Crippen LogP contribution is -2.13. The number of hydrogen-bond acceptors (Lipinski definition) is 6. The Morgan fingerprint density at radius 3 is 2.51 bits per heavy atom. The Kier molecular flexibility index (Phi) is 6.03. The molecule has 9 heteroatoms. The zero-order valence-corrected chi connectivity index (χ0v) is 20.9. The number of thiophene rings is 2. The summed E-state index contributed by atoms with van der Waals surface area (Å²) >= 11 is 2.38. The highest BCUT2D eigenvalue weighted by Crippen LogP contribution is 2.47. The van der Waals surface area contributed by atoms with Gasteiger partial charge in [0.1, 0.15) is 4.21 Å². The van der Waals surface area contributed by atoms with Gasteiger partial charge in [-0.2, -0.15) is 19.8 Å². The topological polar surface area (TPSA) is 69.7 Å². The second kappa shape index (κ2) is 9.15. The van der Waals surface area contributed by atoms with Gasteiger partial charge >= 0.3 is 5.97 Å². The largest absolute Gasteiger partial charge is 0.469 e. The average Bonchev–Trinajstić information content (AvgIpc) is 3.61. The molecule has 5 rings (SSSR count). The lowest BCUT2D eigenvalue weighted by molar-refractivity contribution is -0.139. The summed E-state index contributed by atoms with van der Waals surface area (Å²) in [5.41, 5.74) is 3.14. The number of hydrogen-bond donors (Lipinski definition) is 0. The summed E-state index contributed by atoms with van der Waals surface area (Å²) in [4.78, 5) is 16.0. The van der Waals surface area contributed by atoms with Crippen molar-refractivity contribution in [1.82, 2.24) is 3.97 Å². The maximum absolute atomic E-state index is 14.1. The Bertz CT molecular complexity index is 1700. The molecule has 3 aromatic heterocycles. The molecular weight excluding hydrogens is 500 g/mol. The van der Waals surface area contributed by atoms with Gasteiger partial charge in [0.25, 0.3) is 10.0 Å². The van der Waals surface area contributed by atoms with Gasteiger partial charge in [-0.05, 0) is 29.1 Å². The normalized spacial score (nSPS) is 11.4. The maximum atomic E-state index is 14.1. The van der Waals surface area contributed by atoms with Crippen LogP contribution in [0.2, 0.25) is 0 Å². The molecule has 0 aliphatic carbocycles. The van der Waals surface area contributed by atoms with Crippen LogP contribution in [0.5, 0.6) is 0 Å². The van der Waals surface area contributed by atoms with Crippen LogP contribution in [0, 0.1) is 6.57 Å². The minimum Gasteiger partial charge on any atom is -0.469 e. The predicted octanol–water partition coefficient (Wildman–Crippen LogP) is 6.60. The molecule has 0 radical (unpaired) electrons. The third kappa shape index (κ3) is 3.96. The molecule has 0 spiro atoms. The molecule has 0 amide bonds. The van der Waals surface area contributed by atoms with E-state index < -0.39 is 16.0 Å². The first-order chi connectivity index (χ1) is 17.0. The van der Waals surface area contributed by atoms with Crippen molar-refractivity contribution in [2.45, 2.75) is 10.6 Å². The highest BCUT2D eigenvalue weighted by Gasteiger charge is 2.30. The molecule has 0 N–H and O–H groups in total. The van der Waals surface area contributed by atoms with Crippen molar-refractivity contribution in [3.63, 3.8) is 0 Å². The van der Waals surface area contributed by atoms with Crippen LogP contribution in [0.3, 0.4) is 0 Å². The van der Waals surface area contributed by atoms with Crippen LogP contribution < -0.4 is 0 Å². The summed E-state index contributed by atoms with van der Waals surface area (Å²) in [6.07, 6.45) is 0.00315. The monoisotopic (exact) mass is 518 g/mol. The molecule has 3 heterocycles. The molecule has 0 aliphatic rings. The van der Waals surface area contributed by atoms with E-state index in [4.69, 9.17) is 11.3 Å². The number of ether oxygens (including phenoxy) is 1. The number of fused-ring (bicyclic) bond motifs is 1. The fraction of sp³-hybridized carbons (Fsp3) is 0.0769. The fourth-order valence-corrected chi connectivity index (χ4v) is 7.71. The minimum absolute atomic E-state index is 0.00315. The highest BCUT2D eigenvalue weighted by atomic mass is 32.2. The third-order valence-electron chi connectivity index (χ3n) is 5.57. The summed E-state index contributed by atoms with van der Waals surface area (Å²) in [5.74, 6) is -0.432. The summed E-state index contributed by atoms with van der Waals surface area (Å²) < 4.78 is 34.5. The number of methoxy groups -OCH3 is 1. The summed E-state index contributed by atoms with van der Waals surface area (Å²) in [6.45, 7) is 7.65. The van der Waals surface area contributed by atoms with E-state index in [0.29, 0.717) is 32.2 Å². The van der Waals surface area contributed by atoms with Gasteiger partial charge in [0.2, 0.25) is 5.00 Å². The fourth-order valence-electron chi connectivity index (χ4n) is 4.07. The second-order valence-electron chi connectivity index (χ2n) is 7.60. The van der Waals surface area contributed by atoms with Gasteiger partial charge in [0.15, 0.2) is 0 Å². The van der Waals surface area contributed by atoms with Gasteiger partial charge in [0.05, 0.1) is 31.3 Å². The van der Waals surface area contributed by atoms with E-state index in [1.807, 2.05) is 53.9 Å². The number of aromatic nitrogens is 1. The molecular formula is C26H18N2O4S3. The zero-order chi connectivity index (χ0) is 24.6. The molecule has 0 fully saturated rings. The van der Waals surface area contributed by atoms with Gasteiger partial charge < -0.3 is 4.74 Å². The number of rotatable bonds is 6. The minimum atomic E-state index is -4.05. The molecule has 0 aliphatic heterocycles. The Morgan fingerprint density at radius 2 is 1.77 bits per heavy atom. The molecule has 0 saturated heterocycles. The molecule has 6 nitrogen and oxygen atoms in total. The molecule has 5 aromatic rings. The lowest BCUT2D eigenvalue weighted by atomic mass is 10.00. The molecule has 0 bridgehead atoms.